The van der Waals surface area contributed by atoms with Gasteiger partial charge in [0, 0.05) is 30.7 Å². The number of amides is 1. The van der Waals surface area contributed by atoms with E-state index in [9.17, 15) is 4.79 Å². The molecule has 2 heterocycles. The summed E-state index contributed by atoms with van der Waals surface area (Å²) in [6.45, 7) is 2.45. The van der Waals surface area contributed by atoms with Crippen LogP contribution in [-0.4, -0.2) is 29.0 Å². The lowest BCUT2D eigenvalue weighted by molar-refractivity contribution is -0.121. The van der Waals surface area contributed by atoms with Gasteiger partial charge in [0.05, 0.1) is 6.54 Å². The van der Waals surface area contributed by atoms with Crippen LogP contribution in [0.1, 0.15) is 30.7 Å². The molecule has 0 spiro atoms. The van der Waals surface area contributed by atoms with Crippen LogP contribution < -0.4 is 10.2 Å². The van der Waals surface area contributed by atoms with E-state index in [4.69, 9.17) is 11.6 Å². The fraction of sp³-hybridized carbons (Fsp3) is 0.389. The molecule has 0 atom stereocenters. The maximum Gasteiger partial charge on any atom is 0.220 e. The molecule has 0 unspecified atom stereocenters. The molecule has 3 rings (SSSR count). The van der Waals surface area contributed by atoms with Crippen molar-refractivity contribution in [1.29, 1.82) is 0 Å². The van der Waals surface area contributed by atoms with Gasteiger partial charge in [-0.1, -0.05) is 23.7 Å². The predicted octanol–water partition coefficient (Wildman–Crippen LogP) is 2.98. The molecule has 1 aliphatic heterocycles. The van der Waals surface area contributed by atoms with Crippen LogP contribution >= 0.6 is 11.6 Å². The molecule has 0 radical (unpaired) electrons. The maximum absolute atomic E-state index is 12.0. The lowest BCUT2D eigenvalue weighted by atomic mass is 10.1. The second-order valence-corrected chi connectivity index (χ2v) is 6.37. The van der Waals surface area contributed by atoms with Crippen LogP contribution in [0.15, 0.2) is 36.5 Å². The Morgan fingerprint density at radius 2 is 2.08 bits per heavy atom. The van der Waals surface area contributed by atoms with Crippen molar-refractivity contribution >= 4 is 23.3 Å². The van der Waals surface area contributed by atoms with Crippen LogP contribution in [0.4, 0.5) is 5.82 Å². The minimum atomic E-state index is -0.00912. The van der Waals surface area contributed by atoms with Crippen molar-refractivity contribution < 1.29 is 4.79 Å². The van der Waals surface area contributed by atoms with E-state index in [1.807, 2.05) is 30.3 Å². The smallest absolute Gasteiger partial charge is 0.220 e. The van der Waals surface area contributed by atoms with Crippen LogP contribution in [0.25, 0.3) is 0 Å². The van der Waals surface area contributed by atoms with Gasteiger partial charge in [-0.05, 0) is 43.0 Å². The van der Waals surface area contributed by atoms with E-state index in [1.165, 1.54) is 12.8 Å². The fourth-order valence-corrected chi connectivity index (χ4v) is 3.03. The Morgan fingerprint density at radius 1 is 1.25 bits per heavy atom. The van der Waals surface area contributed by atoms with Crippen molar-refractivity contribution in [3.05, 3.63) is 52.9 Å². The summed E-state index contributed by atoms with van der Waals surface area (Å²) in [6, 6.07) is 9.51. The van der Waals surface area contributed by atoms with Crippen LogP contribution in [0.3, 0.4) is 0 Å². The lowest BCUT2D eigenvalue weighted by Crippen LogP contribution is -2.25. The summed E-state index contributed by atoms with van der Waals surface area (Å²) < 4.78 is 0. The largest absolute Gasteiger partial charge is 0.357 e. The molecule has 1 N–H and O–H groups in total. The summed E-state index contributed by atoms with van der Waals surface area (Å²) in [7, 11) is 0. The first-order chi connectivity index (χ1) is 11.7. The SMILES string of the molecule is O=C(CCc1cccc(Cl)c1)NCc1nccc(N2CCCC2)n1. The van der Waals surface area contributed by atoms with Crippen LogP contribution in [-0.2, 0) is 17.8 Å². The minimum Gasteiger partial charge on any atom is -0.357 e. The Balaban J connectivity index is 1.48. The first kappa shape index (κ1) is 16.7. The third-order valence-corrected chi connectivity index (χ3v) is 4.33. The van der Waals surface area contributed by atoms with E-state index in [0.29, 0.717) is 30.2 Å². The highest BCUT2D eigenvalue weighted by molar-refractivity contribution is 6.30. The van der Waals surface area contributed by atoms with Crippen LogP contribution in [0.2, 0.25) is 5.02 Å². The third-order valence-electron chi connectivity index (χ3n) is 4.09. The number of carbonyl (C=O) groups excluding carboxylic acids is 1. The molecule has 1 aromatic heterocycles. The van der Waals surface area contributed by atoms with Gasteiger partial charge >= 0.3 is 0 Å². The molecule has 0 aliphatic carbocycles. The van der Waals surface area contributed by atoms with Crippen molar-refractivity contribution in [2.24, 2.45) is 0 Å². The summed E-state index contributed by atoms with van der Waals surface area (Å²) in [5.41, 5.74) is 1.06. The number of nitrogens with zero attached hydrogens (tertiary/aromatic N) is 3. The second kappa shape index (κ2) is 8.11. The second-order valence-electron chi connectivity index (χ2n) is 5.93. The third kappa shape index (κ3) is 4.68. The Bertz CT molecular complexity index is 701. The Hall–Kier alpha value is -2.14. The first-order valence-electron chi connectivity index (χ1n) is 8.29. The molecule has 24 heavy (non-hydrogen) atoms. The number of hydrogen-bond acceptors (Lipinski definition) is 4. The first-order valence-corrected chi connectivity index (χ1v) is 8.66. The monoisotopic (exact) mass is 344 g/mol. The van der Waals surface area contributed by atoms with Gasteiger partial charge in [0.15, 0.2) is 0 Å². The minimum absolute atomic E-state index is 0.00912. The Kier molecular flexibility index (Phi) is 5.64. The Labute approximate surface area is 147 Å². The van der Waals surface area contributed by atoms with Gasteiger partial charge in [-0.15, -0.1) is 0 Å². The molecule has 2 aromatic rings. The molecule has 5 nitrogen and oxygen atoms in total. The number of benzene rings is 1. The molecular formula is C18H21ClN4O. The molecule has 0 bridgehead atoms. The summed E-state index contributed by atoms with van der Waals surface area (Å²) in [6.07, 6.45) is 5.26. The van der Waals surface area contributed by atoms with Crippen molar-refractivity contribution in [2.45, 2.75) is 32.2 Å². The van der Waals surface area contributed by atoms with Gasteiger partial charge in [0.1, 0.15) is 11.6 Å². The molecule has 1 saturated heterocycles. The van der Waals surface area contributed by atoms with E-state index in [-0.39, 0.29) is 5.91 Å². The normalized spacial score (nSPS) is 14.0. The van der Waals surface area contributed by atoms with E-state index >= 15 is 0 Å². The number of anilines is 1. The van der Waals surface area contributed by atoms with Gasteiger partial charge in [0.25, 0.3) is 0 Å². The van der Waals surface area contributed by atoms with E-state index in [1.54, 1.807) is 6.20 Å². The van der Waals surface area contributed by atoms with Gasteiger partial charge in [0.2, 0.25) is 5.91 Å². The van der Waals surface area contributed by atoms with E-state index < -0.39 is 0 Å². The lowest BCUT2D eigenvalue weighted by Gasteiger charge is -2.16. The summed E-state index contributed by atoms with van der Waals surface area (Å²) in [5.74, 6) is 1.59. The van der Waals surface area contributed by atoms with Crippen molar-refractivity contribution in [3.63, 3.8) is 0 Å². The summed E-state index contributed by atoms with van der Waals surface area (Å²) in [5, 5.41) is 3.58. The zero-order chi connectivity index (χ0) is 16.8. The summed E-state index contributed by atoms with van der Waals surface area (Å²) >= 11 is 5.95. The highest BCUT2D eigenvalue weighted by Gasteiger charge is 2.14. The predicted molar refractivity (Wildman–Crippen MR) is 95.1 cm³/mol. The van der Waals surface area contributed by atoms with Crippen LogP contribution in [0.5, 0.6) is 0 Å². The number of aromatic nitrogens is 2. The van der Waals surface area contributed by atoms with Gasteiger partial charge in [-0.25, -0.2) is 9.97 Å². The van der Waals surface area contributed by atoms with Crippen LogP contribution in [0, 0.1) is 0 Å². The fourth-order valence-electron chi connectivity index (χ4n) is 2.81. The molecule has 6 heteroatoms. The zero-order valence-electron chi connectivity index (χ0n) is 13.5. The average Bonchev–Trinajstić information content (AvgIpc) is 3.13. The van der Waals surface area contributed by atoms with E-state index in [0.717, 1.165) is 24.5 Å². The van der Waals surface area contributed by atoms with Gasteiger partial charge < -0.3 is 10.2 Å². The topological polar surface area (TPSA) is 58.1 Å². The maximum atomic E-state index is 12.0. The zero-order valence-corrected chi connectivity index (χ0v) is 14.3. The highest BCUT2D eigenvalue weighted by atomic mass is 35.5. The molecule has 126 valence electrons. The van der Waals surface area contributed by atoms with Crippen molar-refractivity contribution in [3.8, 4) is 0 Å². The summed E-state index contributed by atoms with van der Waals surface area (Å²) in [4.78, 5) is 23.0. The molecule has 0 saturated carbocycles. The molecule has 1 aromatic carbocycles. The van der Waals surface area contributed by atoms with Gasteiger partial charge in [-0.3, -0.25) is 4.79 Å². The number of carbonyl (C=O) groups is 1. The Morgan fingerprint density at radius 3 is 2.88 bits per heavy atom. The number of aryl methyl sites for hydroxylation is 1. The van der Waals surface area contributed by atoms with Crippen molar-refractivity contribution in [2.75, 3.05) is 18.0 Å². The standard InChI is InChI=1S/C18H21ClN4O/c19-15-5-3-4-14(12-15)6-7-18(24)21-13-16-20-9-8-17(22-16)23-10-1-2-11-23/h3-5,8-9,12H,1-2,6-7,10-11,13H2,(H,21,24). The quantitative estimate of drug-likeness (QED) is 0.875. The molecular weight excluding hydrogens is 324 g/mol. The highest BCUT2D eigenvalue weighted by Crippen LogP contribution is 2.17. The number of hydrogen-bond donors (Lipinski definition) is 1. The molecule has 1 fully saturated rings. The average molecular weight is 345 g/mol. The van der Waals surface area contributed by atoms with Crippen molar-refractivity contribution in [1.82, 2.24) is 15.3 Å². The number of halogens is 1. The number of rotatable bonds is 6. The van der Waals surface area contributed by atoms with E-state index in [2.05, 4.69) is 20.2 Å². The number of nitrogens with one attached hydrogen (secondary N) is 1. The molecule has 1 aliphatic rings. The van der Waals surface area contributed by atoms with Gasteiger partial charge in [-0.2, -0.15) is 0 Å². The molecule has 1 amide bonds.